The summed E-state index contributed by atoms with van der Waals surface area (Å²) < 4.78 is 11.1. The maximum Gasteiger partial charge on any atom is 0.260 e. The summed E-state index contributed by atoms with van der Waals surface area (Å²) in [4.78, 5) is 22.3. The van der Waals surface area contributed by atoms with Crippen LogP contribution in [-0.4, -0.2) is 65.2 Å². The molecule has 1 aromatic carbocycles. The minimum Gasteiger partial charge on any atom is -0.483 e. The molecule has 31 heavy (non-hydrogen) atoms. The van der Waals surface area contributed by atoms with Crippen molar-refractivity contribution >= 4 is 17.2 Å². The highest BCUT2D eigenvalue weighted by Gasteiger charge is 2.21. The van der Waals surface area contributed by atoms with E-state index in [1.807, 2.05) is 54.5 Å². The van der Waals surface area contributed by atoms with Crippen molar-refractivity contribution in [3.63, 3.8) is 0 Å². The molecule has 0 spiro atoms. The van der Waals surface area contributed by atoms with Crippen LogP contribution in [0.25, 0.3) is 10.7 Å². The first-order valence-corrected chi connectivity index (χ1v) is 11.5. The Morgan fingerprint density at radius 3 is 2.81 bits per heavy atom. The summed E-state index contributed by atoms with van der Waals surface area (Å²) >= 11 is 1.61. The predicted molar refractivity (Wildman–Crippen MR) is 120 cm³/mol. The molecule has 0 saturated carbocycles. The van der Waals surface area contributed by atoms with Crippen LogP contribution in [0, 0.1) is 13.8 Å². The largest absolute Gasteiger partial charge is 0.483 e. The van der Waals surface area contributed by atoms with Crippen molar-refractivity contribution in [1.29, 1.82) is 0 Å². The van der Waals surface area contributed by atoms with Crippen molar-refractivity contribution in [1.82, 2.24) is 19.9 Å². The molecule has 2 aromatic heterocycles. The molecule has 3 heterocycles. The van der Waals surface area contributed by atoms with Gasteiger partial charge in [-0.2, -0.15) is 4.98 Å². The number of carbonyl (C=O) groups is 1. The van der Waals surface area contributed by atoms with Gasteiger partial charge in [-0.05, 0) is 55.5 Å². The summed E-state index contributed by atoms with van der Waals surface area (Å²) in [5, 5.41) is 6.06. The number of nitrogens with zero attached hydrogens (tertiary/aromatic N) is 4. The van der Waals surface area contributed by atoms with Gasteiger partial charge in [0, 0.05) is 32.6 Å². The van der Waals surface area contributed by atoms with E-state index < -0.39 is 0 Å². The summed E-state index contributed by atoms with van der Waals surface area (Å²) in [6, 6.07) is 10.0. The molecule has 0 aliphatic carbocycles. The lowest BCUT2D eigenvalue weighted by molar-refractivity contribution is -0.135. The first kappa shape index (κ1) is 21.5. The maximum atomic E-state index is 12.5. The summed E-state index contributed by atoms with van der Waals surface area (Å²) in [5.41, 5.74) is 2.18. The molecule has 0 radical (unpaired) electrons. The molecule has 164 valence electrons. The van der Waals surface area contributed by atoms with Gasteiger partial charge in [0.15, 0.2) is 6.61 Å². The Labute approximate surface area is 186 Å². The van der Waals surface area contributed by atoms with E-state index in [4.69, 9.17) is 9.26 Å². The summed E-state index contributed by atoms with van der Waals surface area (Å²) in [6.07, 6.45) is 1.72. The van der Waals surface area contributed by atoms with Crippen LogP contribution < -0.4 is 4.74 Å². The molecule has 7 nitrogen and oxygen atoms in total. The third kappa shape index (κ3) is 5.71. The topological polar surface area (TPSA) is 71.7 Å². The maximum absolute atomic E-state index is 12.5. The minimum atomic E-state index is 0.0486. The van der Waals surface area contributed by atoms with E-state index >= 15 is 0 Å². The molecule has 1 fully saturated rings. The molecule has 1 saturated heterocycles. The molecule has 3 aromatic rings. The van der Waals surface area contributed by atoms with Gasteiger partial charge in [-0.3, -0.25) is 9.69 Å². The van der Waals surface area contributed by atoms with Crippen molar-refractivity contribution in [3.05, 3.63) is 52.7 Å². The van der Waals surface area contributed by atoms with Crippen LogP contribution in [0.3, 0.4) is 0 Å². The van der Waals surface area contributed by atoms with Crippen molar-refractivity contribution in [2.75, 3.05) is 39.3 Å². The molecule has 8 heteroatoms. The van der Waals surface area contributed by atoms with E-state index in [-0.39, 0.29) is 12.5 Å². The van der Waals surface area contributed by atoms with Gasteiger partial charge in [0.1, 0.15) is 5.75 Å². The smallest absolute Gasteiger partial charge is 0.260 e. The van der Waals surface area contributed by atoms with Crippen molar-refractivity contribution in [3.8, 4) is 16.5 Å². The number of hydrogen-bond donors (Lipinski definition) is 0. The molecule has 0 unspecified atom stereocenters. The zero-order valence-electron chi connectivity index (χ0n) is 18.0. The lowest BCUT2D eigenvalue weighted by atomic mass is 10.1. The first-order chi connectivity index (χ1) is 15.1. The van der Waals surface area contributed by atoms with Gasteiger partial charge in [-0.15, -0.1) is 11.3 Å². The number of carbonyl (C=O) groups excluding carboxylic acids is 1. The first-order valence-electron chi connectivity index (χ1n) is 10.6. The van der Waals surface area contributed by atoms with Crippen molar-refractivity contribution in [2.45, 2.75) is 26.7 Å². The molecule has 4 rings (SSSR count). The number of rotatable bonds is 8. The van der Waals surface area contributed by atoms with Gasteiger partial charge in [-0.1, -0.05) is 23.4 Å². The van der Waals surface area contributed by atoms with Crippen LogP contribution in [-0.2, 0) is 11.2 Å². The second kappa shape index (κ2) is 10.1. The Morgan fingerprint density at radius 1 is 1.19 bits per heavy atom. The number of piperazine rings is 1. The molecular weight excluding hydrogens is 412 g/mol. The SMILES string of the molecule is Cc1ccc(C)c(OCC(=O)N2CCN(CCCc3nc(-c4cccs4)no3)CC2)c1. The van der Waals surface area contributed by atoms with Crippen LogP contribution in [0.4, 0.5) is 0 Å². The molecule has 1 aliphatic rings. The van der Waals surface area contributed by atoms with Crippen molar-refractivity contribution < 1.29 is 14.1 Å². The van der Waals surface area contributed by atoms with Gasteiger partial charge in [0.25, 0.3) is 5.91 Å². The Kier molecular flexibility index (Phi) is 6.99. The fraction of sp³-hybridized carbons (Fsp3) is 0.435. The summed E-state index contributed by atoms with van der Waals surface area (Å²) in [6.45, 7) is 8.28. The number of thiophene rings is 1. The fourth-order valence-electron chi connectivity index (χ4n) is 3.63. The third-order valence-corrected chi connectivity index (χ3v) is 6.36. The quantitative estimate of drug-likeness (QED) is 0.533. The zero-order valence-corrected chi connectivity index (χ0v) is 18.9. The molecule has 1 amide bonds. The van der Waals surface area contributed by atoms with Gasteiger partial charge < -0.3 is 14.2 Å². The summed E-state index contributed by atoms with van der Waals surface area (Å²) in [5.74, 6) is 2.18. The Hall–Kier alpha value is -2.71. The number of ether oxygens (including phenoxy) is 1. The Balaban J connectivity index is 1.16. The highest BCUT2D eigenvalue weighted by molar-refractivity contribution is 7.13. The van der Waals surface area contributed by atoms with Gasteiger partial charge in [-0.25, -0.2) is 0 Å². The number of aromatic nitrogens is 2. The standard InChI is InChI=1S/C23H28N4O3S/c1-17-7-8-18(2)19(15-17)29-16-22(28)27-12-10-26(11-13-27)9-3-6-21-24-23(25-30-21)20-5-4-14-31-20/h4-5,7-8,14-15H,3,6,9-13,16H2,1-2H3. The average molecular weight is 441 g/mol. The lowest BCUT2D eigenvalue weighted by Gasteiger charge is -2.34. The predicted octanol–water partition coefficient (Wildman–Crippen LogP) is 3.57. The Bertz CT molecular complexity index is 994. The highest BCUT2D eigenvalue weighted by Crippen LogP contribution is 2.22. The third-order valence-electron chi connectivity index (χ3n) is 5.49. The van der Waals surface area contributed by atoms with E-state index in [0.717, 1.165) is 67.3 Å². The number of aryl methyl sites for hydroxylation is 3. The number of amides is 1. The molecule has 0 bridgehead atoms. The monoisotopic (exact) mass is 440 g/mol. The van der Waals surface area contributed by atoms with E-state index in [0.29, 0.717) is 11.7 Å². The number of benzene rings is 1. The molecule has 0 atom stereocenters. The zero-order chi connectivity index (χ0) is 21.6. The van der Waals surface area contributed by atoms with E-state index in [9.17, 15) is 4.79 Å². The molecule has 0 N–H and O–H groups in total. The van der Waals surface area contributed by atoms with Crippen LogP contribution in [0.15, 0.2) is 40.2 Å². The fourth-order valence-corrected chi connectivity index (χ4v) is 4.28. The minimum absolute atomic E-state index is 0.0486. The van der Waals surface area contributed by atoms with E-state index in [1.54, 1.807) is 11.3 Å². The Morgan fingerprint density at radius 2 is 2.03 bits per heavy atom. The molecule has 1 aliphatic heterocycles. The van der Waals surface area contributed by atoms with Crippen molar-refractivity contribution in [2.24, 2.45) is 0 Å². The normalized spacial score (nSPS) is 14.7. The van der Waals surface area contributed by atoms with Crippen LogP contribution >= 0.6 is 11.3 Å². The average Bonchev–Trinajstić information content (AvgIpc) is 3.47. The second-order valence-electron chi connectivity index (χ2n) is 7.87. The number of hydrogen-bond acceptors (Lipinski definition) is 7. The van der Waals surface area contributed by atoms with Gasteiger partial charge in [0.05, 0.1) is 4.88 Å². The second-order valence-corrected chi connectivity index (χ2v) is 8.82. The summed E-state index contributed by atoms with van der Waals surface area (Å²) in [7, 11) is 0. The van der Waals surface area contributed by atoms with Crippen LogP contribution in [0.5, 0.6) is 5.75 Å². The van der Waals surface area contributed by atoms with E-state index in [1.165, 1.54) is 0 Å². The highest BCUT2D eigenvalue weighted by atomic mass is 32.1. The lowest BCUT2D eigenvalue weighted by Crippen LogP contribution is -2.50. The molecular formula is C23H28N4O3S. The van der Waals surface area contributed by atoms with E-state index in [2.05, 4.69) is 15.0 Å². The van der Waals surface area contributed by atoms with Gasteiger partial charge in [0.2, 0.25) is 11.7 Å². The van der Waals surface area contributed by atoms with Crippen LogP contribution in [0.1, 0.15) is 23.4 Å². The van der Waals surface area contributed by atoms with Gasteiger partial charge >= 0.3 is 0 Å². The van der Waals surface area contributed by atoms with Crippen LogP contribution in [0.2, 0.25) is 0 Å².